The van der Waals surface area contributed by atoms with Gasteiger partial charge in [0.25, 0.3) is 0 Å². The molecule has 0 unspecified atom stereocenters. The molecule has 0 saturated carbocycles. The summed E-state index contributed by atoms with van der Waals surface area (Å²) in [6, 6.07) is 15.0. The minimum absolute atomic E-state index is 0.876. The van der Waals surface area contributed by atoms with E-state index in [0.717, 1.165) is 13.2 Å². The van der Waals surface area contributed by atoms with Gasteiger partial charge in [-0.2, -0.15) is 0 Å². The van der Waals surface area contributed by atoms with E-state index >= 15 is 0 Å². The molecule has 0 amide bonds. The summed E-state index contributed by atoms with van der Waals surface area (Å²) in [5, 5.41) is 0. The lowest BCUT2D eigenvalue weighted by Crippen LogP contribution is -1.92. The van der Waals surface area contributed by atoms with Gasteiger partial charge in [-0.25, -0.2) is 0 Å². The lowest BCUT2D eigenvalue weighted by Gasteiger charge is -2.09. The fourth-order valence-corrected chi connectivity index (χ4v) is 2.43. The van der Waals surface area contributed by atoms with Crippen LogP contribution in [0.1, 0.15) is 16.7 Å². The third-order valence-electron chi connectivity index (χ3n) is 3.23. The van der Waals surface area contributed by atoms with Crippen molar-refractivity contribution in [2.75, 3.05) is 0 Å². The molecule has 80 valence electrons. The second-order valence-corrected chi connectivity index (χ2v) is 4.30. The lowest BCUT2D eigenvalue weighted by atomic mass is 9.93. The molecule has 1 heterocycles. The van der Waals surface area contributed by atoms with Crippen LogP contribution < -0.4 is 0 Å². The summed E-state index contributed by atoms with van der Waals surface area (Å²) in [7, 11) is 0. The molecule has 0 saturated heterocycles. The van der Waals surface area contributed by atoms with Crippen molar-refractivity contribution in [2.24, 2.45) is 0 Å². The van der Waals surface area contributed by atoms with Gasteiger partial charge in [0.2, 0.25) is 0 Å². The Labute approximate surface area is 95.7 Å². The van der Waals surface area contributed by atoms with E-state index in [2.05, 4.69) is 54.1 Å². The van der Waals surface area contributed by atoms with Gasteiger partial charge in [-0.1, -0.05) is 42.5 Å². The predicted molar refractivity (Wildman–Crippen MR) is 66.2 cm³/mol. The first kappa shape index (κ1) is 9.61. The van der Waals surface area contributed by atoms with Gasteiger partial charge in [0.1, 0.15) is 0 Å². The van der Waals surface area contributed by atoms with Gasteiger partial charge < -0.3 is 4.74 Å². The maximum atomic E-state index is 4.48. The number of hydrogen-bond acceptors (Lipinski definition) is 0. The molecule has 0 radical (unpaired) electrons. The average Bonchev–Trinajstić information content (AvgIpc) is 2.78. The van der Waals surface area contributed by atoms with Crippen molar-refractivity contribution in [3.63, 3.8) is 0 Å². The van der Waals surface area contributed by atoms with Crippen LogP contribution in [0.5, 0.6) is 0 Å². The van der Waals surface area contributed by atoms with E-state index in [0.29, 0.717) is 0 Å². The predicted octanol–water partition coefficient (Wildman–Crippen LogP) is 3.20. The van der Waals surface area contributed by atoms with E-state index in [4.69, 9.17) is 0 Å². The molecule has 1 aliphatic rings. The van der Waals surface area contributed by atoms with Crippen LogP contribution in [0.4, 0.5) is 0 Å². The fraction of sp³-hybridized carbons (Fsp3) is 0.200. The molecule has 0 atom stereocenters. The maximum absolute atomic E-state index is 4.48. The lowest BCUT2D eigenvalue weighted by molar-refractivity contribution is -0.0469. The molecule has 1 aliphatic heterocycles. The van der Waals surface area contributed by atoms with Gasteiger partial charge in [-0.3, -0.25) is 0 Å². The molecule has 1 nitrogen and oxygen atoms in total. The molecule has 3 rings (SSSR count). The highest BCUT2D eigenvalue weighted by molar-refractivity contribution is 5.72. The van der Waals surface area contributed by atoms with Crippen LogP contribution in [0.15, 0.2) is 42.5 Å². The van der Waals surface area contributed by atoms with Crippen LogP contribution in [0.25, 0.3) is 11.1 Å². The van der Waals surface area contributed by atoms with Crippen molar-refractivity contribution < 1.29 is 4.74 Å². The second-order valence-electron chi connectivity index (χ2n) is 4.30. The molecule has 0 spiro atoms. The topological polar surface area (TPSA) is 12.8 Å². The summed E-state index contributed by atoms with van der Waals surface area (Å²) in [4.78, 5) is 0. The standard InChI is InChI=1S/C15H14O/c1-11-7-8-13-9-16-10-14(13)15(11)12-5-3-2-4-6-12/h2-8H,9-10H2,1H3/p+1. The zero-order valence-electron chi connectivity index (χ0n) is 9.40. The van der Waals surface area contributed by atoms with E-state index in [1.807, 2.05) is 0 Å². The Bertz CT molecular complexity index is 514. The van der Waals surface area contributed by atoms with Crippen molar-refractivity contribution in [3.05, 3.63) is 59.2 Å². The first-order valence-electron chi connectivity index (χ1n) is 5.66. The van der Waals surface area contributed by atoms with E-state index in [1.165, 1.54) is 27.8 Å². The monoisotopic (exact) mass is 211 g/mol. The number of aliphatic hydroxyl groups is 2. The van der Waals surface area contributed by atoms with Gasteiger partial charge in [0.05, 0.1) is 0 Å². The Morgan fingerprint density at radius 3 is 2.56 bits per heavy atom. The third-order valence-corrected chi connectivity index (χ3v) is 3.23. The Morgan fingerprint density at radius 2 is 1.75 bits per heavy atom. The van der Waals surface area contributed by atoms with Crippen molar-refractivity contribution in [1.82, 2.24) is 0 Å². The molecule has 0 aliphatic carbocycles. The van der Waals surface area contributed by atoms with E-state index in [9.17, 15) is 0 Å². The highest BCUT2D eigenvalue weighted by Gasteiger charge is 2.21. The molecule has 0 fully saturated rings. The molecule has 0 bridgehead atoms. The van der Waals surface area contributed by atoms with Crippen molar-refractivity contribution >= 4 is 0 Å². The summed E-state index contributed by atoms with van der Waals surface area (Å²) in [6.07, 6.45) is 0. The van der Waals surface area contributed by atoms with E-state index in [1.54, 1.807) is 0 Å². The highest BCUT2D eigenvalue weighted by Crippen LogP contribution is 2.33. The maximum Gasteiger partial charge on any atom is 0.172 e. The van der Waals surface area contributed by atoms with Crippen LogP contribution in [0, 0.1) is 6.92 Å². The zero-order chi connectivity index (χ0) is 11.0. The third kappa shape index (κ3) is 1.44. The number of fused-ring (bicyclic) bond motifs is 1. The van der Waals surface area contributed by atoms with Crippen molar-refractivity contribution in [3.8, 4) is 11.1 Å². The molecule has 16 heavy (non-hydrogen) atoms. The van der Waals surface area contributed by atoms with Crippen LogP contribution in [-0.4, -0.2) is 4.74 Å². The van der Waals surface area contributed by atoms with Crippen LogP contribution in [0.2, 0.25) is 0 Å². The number of aryl methyl sites for hydroxylation is 1. The van der Waals surface area contributed by atoms with Crippen molar-refractivity contribution in [2.45, 2.75) is 20.1 Å². The number of hydrogen-bond donors (Lipinski definition) is 0. The molecular formula is C15H15O+. The first-order chi connectivity index (χ1) is 7.86. The molecular weight excluding hydrogens is 196 g/mol. The zero-order valence-corrected chi connectivity index (χ0v) is 9.40. The number of ether oxygens (including phenoxy) is 1. The van der Waals surface area contributed by atoms with Crippen LogP contribution in [-0.2, 0) is 13.2 Å². The molecule has 2 aromatic carbocycles. The van der Waals surface area contributed by atoms with Gasteiger partial charge in [-0.05, 0) is 23.6 Å². The molecule has 2 aromatic rings. The second kappa shape index (κ2) is 3.76. The summed E-state index contributed by atoms with van der Waals surface area (Å²) in [5.74, 6) is 0. The van der Waals surface area contributed by atoms with E-state index in [-0.39, 0.29) is 0 Å². The Morgan fingerprint density at radius 1 is 0.938 bits per heavy atom. The smallest absolute Gasteiger partial charge is 0.172 e. The van der Waals surface area contributed by atoms with E-state index < -0.39 is 0 Å². The average molecular weight is 211 g/mol. The van der Waals surface area contributed by atoms with Crippen molar-refractivity contribution in [1.29, 1.82) is 0 Å². The van der Waals surface area contributed by atoms with Gasteiger partial charge in [-0.15, -0.1) is 0 Å². The molecule has 0 aromatic heterocycles. The first-order valence-corrected chi connectivity index (χ1v) is 5.66. The quantitative estimate of drug-likeness (QED) is 0.642. The van der Waals surface area contributed by atoms with Crippen LogP contribution >= 0.6 is 0 Å². The molecule has 1 heteroatoms. The Hall–Kier alpha value is -1.60. The number of benzene rings is 2. The van der Waals surface area contributed by atoms with Crippen LogP contribution in [0.3, 0.4) is 0 Å². The summed E-state index contributed by atoms with van der Waals surface area (Å²) in [6.45, 7) is 3.94. The minimum Gasteiger partial charge on any atom is -0.427 e. The Kier molecular flexibility index (Phi) is 2.26. The molecule has 1 N–H and O–H groups in total. The van der Waals surface area contributed by atoms with Gasteiger partial charge >= 0.3 is 0 Å². The fourth-order valence-electron chi connectivity index (χ4n) is 2.43. The number of rotatable bonds is 1. The Balaban J connectivity index is 2.24. The largest absolute Gasteiger partial charge is 0.427 e. The normalized spacial score (nSPS) is 13.8. The van der Waals surface area contributed by atoms with Gasteiger partial charge in [0, 0.05) is 11.1 Å². The SMILES string of the molecule is Cc1ccc2c(c1-c1ccccc1)C[OH+]C2. The highest BCUT2D eigenvalue weighted by atomic mass is 16.5. The van der Waals surface area contributed by atoms with Gasteiger partial charge in [0.15, 0.2) is 13.2 Å². The minimum atomic E-state index is 0.876. The summed E-state index contributed by atoms with van der Waals surface area (Å²) < 4.78 is 4.48. The summed E-state index contributed by atoms with van der Waals surface area (Å²) in [5.41, 5.74) is 6.87. The summed E-state index contributed by atoms with van der Waals surface area (Å²) >= 11 is 0.